The topological polar surface area (TPSA) is 41.0 Å². The number of nitrogens with one attached hydrogen (secondary N) is 1. The molecule has 2 unspecified atom stereocenters. The van der Waals surface area contributed by atoms with E-state index in [1.165, 1.54) is 26.2 Å². The normalized spacial score (nSPS) is 30.7. The van der Waals surface area contributed by atoms with Crippen molar-refractivity contribution in [3.8, 4) is 0 Å². The van der Waals surface area contributed by atoms with Crippen molar-refractivity contribution in [2.75, 3.05) is 26.2 Å². The number of likely N-dealkylation sites (tertiary alicyclic amines) is 1. The maximum Gasteiger partial charge on any atom is 0.115 e. The molecule has 0 aliphatic carbocycles. The van der Waals surface area contributed by atoms with E-state index < -0.39 is 0 Å². The monoisotopic (exact) mass is 204 g/mol. The standard InChI is InChI=1S/C11H16N4/c1-2-12-8-14-11(1)7-15-5-9-3-13-4-10(9)6-15/h1-2,8-10,13H,3-7H2. The second-order valence-electron chi connectivity index (χ2n) is 4.57. The van der Waals surface area contributed by atoms with Crippen molar-refractivity contribution in [2.45, 2.75) is 6.54 Å². The molecule has 0 radical (unpaired) electrons. The molecule has 2 fully saturated rings. The van der Waals surface area contributed by atoms with Gasteiger partial charge in [0.05, 0.1) is 5.69 Å². The SMILES string of the molecule is c1cc(CN2CC3CNCC3C2)ncn1. The van der Waals surface area contributed by atoms with E-state index in [9.17, 15) is 0 Å². The Kier molecular flexibility index (Phi) is 2.38. The largest absolute Gasteiger partial charge is 0.316 e. The average Bonchev–Trinajstić information content (AvgIpc) is 2.79. The zero-order chi connectivity index (χ0) is 10.1. The van der Waals surface area contributed by atoms with Gasteiger partial charge in [-0.2, -0.15) is 0 Å². The highest BCUT2D eigenvalue weighted by Crippen LogP contribution is 2.26. The molecule has 0 amide bonds. The van der Waals surface area contributed by atoms with E-state index in [2.05, 4.69) is 20.2 Å². The Morgan fingerprint density at radius 2 is 2.13 bits per heavy atom. The number of rotatable bonds is 2. The summed E-state index contributed by atoms with van der Waals surface area (Å²) in [6.07, 6.45) is 3.45. The van der Waals surface area contributed by atoms with Crippen LogP contribution < -0.4 is 5.32 Å². The Morgan fingerprint density at radius 3 is 2.80 bits per heavy atom. The summed E-state index contributed by atoms with van der Waals surface area (Å²) in [6.45, 7) is 5.83. The number of nitrogens with zero attached hydrogens (tertiary/aromatic N) is 3. The highest BCUT2D eigenvalue weighted by molar-refractivity contribution is 5.00. The lowest BCUT2D eigenvalue weighted by Crippen LogP contribution is -2.25. The quantitative estimate of drug-likeness (QED) is 0.743. The molecule has 0 aromatic carbocycles. The second-order valence-corrected chi connectivity index (χ2v) is 4.57. The van der Waals surface area contributed by atoms with Crippen LogP contribution in [0.5, 0.6) is 0 Å². The van der Waals surface area contributed by atoms with E-state index in [1.54, 1.807) is 6.33 Å². The molecular formula is C11H16N4. The van der Waals surface area contributed by atoms with Gasteiger partial charge in [0.25, 0.3) is 0 Å². The van der Waals surface area contributed by atoms with E-state index in [1.807, 2.05) is 12.3 Å². The summed E-state index contributed by atoms with van der Waals surface area (Å²) < 4.78 is 0. The molecule has 80 valence electrons. The van der Waals surface area contributed by atoms with Crippen LogP contribution in [-0.2, 0) is 6.54 Å². The Labute approximate surface area is 89.7 Å². The van der Waals surface area contributed by atoms with E-state index in [0.717, 1.165) is 24.1 Å². The molecule has 1 N–H and O–H groups in total. The van der Waals surface area contributed by atoms with Crippen LogP contribution in [0.1, 0.15) is 5.69 Å². The zero-order valence-corrected chi connectivity index (χ0v) is 8.76. The van der Waals surface area contributed by atoms with Gasteiger partial charge in [-0.3, -0.25) is 4.90 Å². The average molecular weight is 204 g/mol. The fourth-order valence-electron chi connectivity index (χ4n) is 2.72. The molecule has 4 heteroatoms. The van der Waals surface area contributed by atoms with Gasteiger partial charge < -0.3 is 5.32 Å². The molecule has 2 saturated heterocycles. The molecule has 15 heavy (non-hydrogen) atoms. The van der Waals surface area contributed by atoms with Gasteiger partial charge in [-0.1, -0.05) is 0 Å². The first kappa shape index (κ1) is 9.24. The summed E-state index contributed by atoms with van der Waals surface area (Å²) >= 11 is 0. The van der Waals surface area contributed by atoms with Crippen LogP contribution >= 0.6 is 0 Å². The Balaban J connectivity index is 1.62. The predicted molar refractivity (Wildman–Crippen MR) is 57.2 cm³/mol. The van der Waals surface area contributed by atoms with Gasteiger partial charge in [-0.25, -0.2) is 9.97 Å². The molecule has 0 bridgehead atoms. The van der Waals surface area contributed by atoms with Gasteiger partial charge in [0, 0.05) is 25.8 Å². The molecule has 3 heterocycles. The number of hydrogen-bond donors (Lipinski definition) is 1. The summed E-state index contributed by atoms with van der Waals surface area (Å²) in [5.74, 6) is 1.73. The first-order valence-corrected chi connectivity index (χ1v) is 5.60. The lowest BCUT2D eigenvalue weighted by atomic mass is 10.0. The molecule has 3 rings (SSSR count). The number of aromatic nitrogens is 2. The molecule has 1 aromatic heterocycles. The Morgan fingerprint density at radius 1 is 1.33 bits per heavy atom. The highest BCUT2D eigenvalue weighted by atomic mass is 15.2. The third-order valence-corrected chi connectivity index (χ3v) is 3.49. The van der Waals surface area contributed by atoms with E-state index in [-0.39, 0.29) is 0 Å². The van der Waals surface area contributed by atoms with E-state index in [0.29, 0.717) is 0 Å². The molecule has 2 atom stereocenters. The molecule has 1 aromatic rings. The van der Waals surface area contributed by atoms with Crippen molar-refractivity contribution in [1.82, 2.24) is 20.2 Å². The maximum atomic E-state index is 4.27. The van der Waals surface area contributed by atoms with Crippen molar-refractivity contribution in [3.63, 3.8) is 0 Å². The van der Waals surface area contributed by atoms with Gasteiger partial charge in [-0.15, -0.1) is 0 Å². The fourth-order valence-corrected chi connectivity index (χ4v) is 2.72. The lowest BCUT2D eigenvalue weighted by Gasteiger charge is -2.15. The van der Waals surface area contributed by atoms with Gasteiger partial charge in [0.1, 0.15) is 6.33 Å². The predicted octanol–water partition coefficient (Wildman–Crippen LogP) is 0.128. The van der Waals surface area contributed by atoms with Crippen molar-refractivity contribution in [2.24, 2.45) is 11.8 Å². The molecule has 4 nitrogen and oxygen atoms in total. The first-order valence-electron chi connectivity index (χ1n) is 5.60. The van der Waals surface area contributed by atoms with Crippen LogP contribution in [0.4, 0.5) is 0 Å². The number of hydrogen-bond acceptors (Lipinski definition) is 4. The van der Waals surface area contributed by atoms with E-state index in [4.69, 9.17) is 0 Å². The molecule has 2 aliphatic rings. The van der Waals surface area contributed by atoms with Crippen LogP contribution in [0.25, 0.3) is 0 Å². The summed E-state index contributed by atoms with van der Waals surface area (Å²) in [4.78, 5) is 10.7. The Hall–Kier alpha value is -1.00. The van der Waals surface area contributed by atoms with Crippen molar-refractivity contribution >= 4 is 0 Å². The minimum Gasteiger partial charge on any atom is -0.316 e. The maximum absolute atomic E-state index is 4.27. The summed E-state index contributed by atoms with van der Waals surface area (Å²) in [5.41, 5.74) is 1.14. The van der Waals surface area contributed by atoms with Gasteiger partial charge in [-0.05, 0) is 31.0 Å². The molecule has 0 spiro atoms. The van der Waals surface area contributed by atoms with E-state index >= 15 is 0 Å². The van der Waals surface area contributed by atoms with Crippen LogP contribution in [-0.4, -0.2) is 41.0 Å². The minimum absolute atomic E-state index is 0.867. The highest BCUT2D eigenvalue weighted by Gasteiger charge is 2.35. The number of fused-ring (bicyclic) bond motifs is 1. The van der Waals surface area contributed by atoms with Crippen LogP contribution in [0.15, 0.2) is 18.6 Å². The first-order chi connectivity index (χ1) is 7.42. The van der Waals surface area contributed by atoms with Crippen molar-refractivity contribution in [1.29, 1.82) is 0 Å². The van der Waals surface area contributed by atoms with Crippen LogP contribution in [0, 0.1) is 11.8 Å². The third kappa shape index (κ3) is 1.87. The molecule has 0 saturated carbocycles. The smallest absolute Gasteiger partial charge is 0.115 e. The van der Waals surface area contributed by atoms with Gasteiger partial charge >= 0.3 is 0 Å². The van der Waals surface area contributed by atoms with Crippen molar-refractivity contribution < 1.29 is 0 Å². The van der Waals surface area contributed by atoms with Gasteiger partial charge in [0.15, 0.2) is 0 Å². The van der Waals surface area contributed by atoms with Crippen LogP contribution in [0.2, 0.25) is 0 Å². The summed E-state index contributed by atoms with van der Waals surface area (Å²) in [5, 5.41) is 3.46. The minimum atomic E-state index is 0.867. The third-order valence-electron chi connectivity index (χ3n) is 3.49. The fraction of sp³-hybridized carbons (Fsp3) is 0.636. The zero-order valence-electron chi connectivity index (χ0n) is 8.76. The Bertz CT molecular complexity index is 315. The van der Waals surface area contributed by atoms with Crippen LogP contribution in [0.3, 0.4) is 0 Å². The summed E-state index contributed by atoms with van der Waals surface area (Å²) in [6, 6.07) is 2.01. The lowest BCUT2D eigenvalue weighted by molar-refractivity contribution is 0.302. The molecular weight excluding hydrogens is 188 g/mol. The second kappa shape index (κ2) is 3.87. The summed E-state index contributed by atoms with van der Waals surface area (Å²) in [7, 11) is 0. The van der Waals surface area contributed by atoms with Gasteiger partial charge in [0.2, 0.25) is 0 Å². The molecule has 2 aliphatic heterocycles. The van der Waals surface area contributed by atoms with Crippen molar-refractivity contribution in [3.05, 3.63) is 24.3 Å².